The quantitative estimate of drug-likeness (QED) is 0.879. The van der Waals surface area contributed by atoms with Gasteiger partial charge < -0.3 is 5.11 Å². The third-order valence-corrected chi connectivity index (χ3v) is 4.80. The maximum absolute atomic E-state index is 12.5. The van der Waals surface area contributed by atoms with E-state index in [9.17, 15) is 8.42 Å². The highest BCUT2D eigenvalue weighted by Crippen LogP contribution is 2.23. The Bertz CT molecular complexity index is 706. The Morgan fingerprint density at radius 1 is 1.25 bits per heavy atom. The minimum absolute atomic E-state index is 0.0768. The van der Waals surface area contributed by atoms with E-state index in [-0.39, 0.29) is 11.5 Å². The lowest BCUT2D eigenvalue weighted by atomic mass is 10.0. The lowest BCUT2D eigenvalue weighted by Crippen LogP contribution is -2.43. The molecule has 0 aliphatic carbocycles. The van der Waals surface area contributed by atoms with Crippen molar-refractivity contribution in [2.75, 3.05) is 6.61 Å². The summed E-state index contributed by atoms with van der Waals surface area (Å²) in [6.45, 7) is 3.40. The van der Waals surface area contributed by atoms with E-state index in [2.05, 4.69) is 9.71 Å². The summed E-state index contributed by atoms with van der Waals surface area (Å²) in [4.78, 5) is 4.36. The number of aliphatic hydroxyl groups excluding tert-OH is 1. The van der Waals surface area contributed by atoms with Crippen LogP contribution in [0.2, 0.25) is 0 Å². The van der Waals surface area contributed by atoms with Crippen LogP contribution >= 0.6 is 0 Å². The summed E-state index contributed by atoms with van der Waals surface area (Å²) < 4.78 is 27.7. The summed E-state index contributed by atoms with van der Waals surface area (Å²) >= 11 is 0. The first kappa shape index (κ1) is 14.9. The molecular weight excluding hydrogens is 276 g/mol. The van der Waals surface area contributed by atoms with Crippen LogP contribution in [0.5, 0.6) is 0 Å². The normalized spacial score (nSPS) is 12.8. The first-order chi connectivity index (χ1) is 9.36. The number of rotatable bonds is 5. The van der Waals surface area contributed by atoms with Gasteiger partial charge in [-0.15, -0.1) is 0 Å². The van der Waals surface area contributed by atoms with Crippen LogP contribution in [0.4, 0.5) is 0 Å². The van der Waals surface area contributed by atoms with Crippen molar-refractivity contribution in [1.82, 2.24) is 9.71 Å². The lowest BCUT2D eigenvalue weighted by molar-refractivity contribution is 0.246. The van der Waals surface area contributed by atoms with E-state index in [1.54, 1.807) is 50.4 Å². The van der Waals surface area contributed by atoms with Crippen LogP contribution in [0.15, 0.2) is 41.4 Å². The molecule has 2 rings (SSSR count). The van der Waals surface area contributed by atoms with Gasteiger partial charge in [-0.05, 0) is 44.5 Å². The summed E-state index contributed by atoms with van der Waals surface area (Å²) in [5.74, 6) is 0. The average Bonchev–Trinajstić information content (AvgIpc) is 2.36. The van der Waals surface area contributed by atoms with Crippen molar-refractivity contribution in [1.29, 1.82) is 0 Å². The highest BCUT2D eigenvalue weighted by atomic mass is 32.2. The molecule has 20 heavy (non-hydrogen) atoms. The molecular formula is C14H18N2O3S. The van der Waals surface area contributed by atoms with E-state index in [4.69, 9.17) is 5.11 Å². The number of hydrogen-bond acceptors (Lipinski definition) is 4. The van der Waals surface area contributed by atoms with Gasteiger partial charge in [-0.25, -0.2) is 13.1 Å². The minimum Gasteiger partial charge on any atom is -0.396 e. The van der Waals surface area contributed by atoms with E-state index >= 15 is 0 Å². The molecule has 0 aliphatic rings. The zero-order valence-electron chi connectivity index (χ0n) is 11.5. The zero-order chi connectivity index (χ0) is 14.8. The molecule has 0 atom stereocenters. The van der Waals surface area contributed by atoms with Crippen molar-refractivity contribution >= 4 is 20.9 Å². The summed E-state index contributed by atoms with van der Waals surface area (Å²) in [6, 6.07) is 8.44. The van der Waals surface area contributed by atoms with Crippen molar-refractivity contribution in [2.24, 2.45) is 0 Å². The Morgan fingerprint density at radius 3 is 2.70 bits per heavy atom. The van der Waals surface area contributed by atoms with E-state index in [1.807, 2.05) is 0 Å². The minimum atomic E-state index is -3.67. The topological polar surface area (TPSA) is 79.3 Å². The van der Waals surface area contributed by atoms with Gasteiger partial charge in [-0.2, -0.15) is 0 Å². The van der Waals surface area contributed by atoms with Crippen molar-refractivity contribution < 1.29 is 13.5 Å². The van der Waals surface area contributed by atoms with E-state index in [1.165, 1.54) is 0 Å². The molecule has 0 bridgehead atoms. The van der Waals surface area contributed by atoms with Crippen LogP contribution in [0.1, 0.15) is 20.3 Å². The summed E-state index contributed by atoms with van der Waals surface area (Å²) in [5, 5.41) is 9.58. The van der Waals surface area contributed by atoms with Crippen molar-refractivity contribution in [3.8, 4) is 0 Å². The Labute approximate surface area is 118 Å². The third kappa shape index (κ3) is 3.15. The molecule has 5 nitrogen and oxygen atoms in total. The number of sulfonamides is 1. The van der Waals surface area contributed by atoms with Crippen molar-refractivity contribution in [3.05, 3.63) is 36.5 Å². The van der Waals surface area contributed by atoms with Gasteiger partial charge in [0.25, 0.3) is 0 Å². The number of nitrogens with one attached hydrogen (secondary N) is 1. The second-order valence-electron chi connectivity index (χ2n) is 5.29. The summed E-state index contributed by atoms with van der Waals surface area (Å²) in [7, 11) is -3.67. The number of hydrogen-bond donors (Lipinski definition) is 2. The van der Waals surface area contributed by atoms with Gasteiger partial charge in [0.1, 0.15) is 0 Å². The highest BCUT2D eigenvalue weighted by molar-refractivity contribution is 7.89. The molecule has 1 heterocycles. The van der Waals surface area contributed by atoms with E-state index in [0.29, 0.717) is 17.3 Å². The third-order valence-electron chi connectivity index (χ3n) is 3.04. The molecule has 1 aromatic carbocycles. The molecule has 0 saturated heterocycles. The number of aliphatic hydroxyl groups is 1. The molecule has 1 aromatic heterocycles. The molecule has 0 unspecified atom stereocenters. The number of nitrogens with zero attached hydrogens (tertiary/aromatic N) is 1. The van der Waals surface area contributed by atoms with Gasteiger partial charge >= 0.3 is 0 Å². The molecule has 2 aromatic rings. The van der Waals surface area contributed by atoms with Crippen molar-refractivity contribution in [2.45, 2.75) is 30.7 Å². The largest absolute Gasteiger partial charge is 0.396 e. The predicted molar refractivity (Wildman–Crippen MR) is 77.8 cm³/mol. The van der Waals surface area contributed by atoms with Crippen molar-refractivity contribution in [3.63, 3.8) is 0 Å². The maximum Gasteiger partial charge on any atom is 0.241 e. The molecule has 0 aliphatic heterocycles. The molecule has 0 amide bonds. The van der Waals surface area contributed by atoms with E-state index < -0.39 is 15.6 Å². The fourth-order valence-electron chi connectivity index (χ4n) is 2.06. The van der Waals surface area contributed by atoms with Gasteiger partial charge in [0.2, 0.25) is 10.0 Å². The zero-order valence-corrected chi connectivity index (χ0v) is 12.3. The standard InChI is InChI=1S/C14H18N2O3S/c1-14(2,8-10-17)16-20(18,19)13-7-3-6-12-11(13)5-4-9-15-12/h3-7,9,16-17H,8,10H2,1-2H3. The number of pyridine rings is 1. The highest BCUT2D eigenvalue weighted by Gasteiger charge is 2.26. The monoisotopic (exact) mass is 294 g/mol. The van der Waals surface area contributed by atoms with Crippen LogP contribution < -0.4 is 4.72 Å². The van der Waals surface area contributed by atoms with Gasteiger partial charge in [-0.1, -0.05) is 6.07 Å². The second-order valence-corrected chi connectivity index (χ2v) is 6.94. The Hall–Kier alpha value is -1.50. The van der Waals surface area contributed by atoms with Gasteiger partial charge in [0.05, 0.1) is 10.4 Å². The van der Waals surface area contributed by atoms with Crippen LogP contribution in [0.3, 0.4) is 0 Å². The fourth-order valence-corrected chi connectivity index (χ4v) is 3.72. The molecule has 0 radical (unpaired) electrons. The number of aromatic nitrogens is 1. The van der Waals surface area contributed by atoms with Crippen LogP contribution in [0, 0.1) is 0 Å². The number of fused-ring (bicyclic) bond motifs is 1. The first-order valence-electron chi connectivity index (χ1n) is 6.34. The van der Waals surface area contributed by atoms with Gasteiger partial charge in [0, 0.05) is 23.7 Å². The average molecular weight is 294 g/mol. The lowest BCUT2D eigenvalue weighted by Gasteiger charge is -2.25. The van der Waals surface area contributed by atoms with Crippen LogP contribution in [0.25, 0.3) is 10.9 Å². The Morgan fingerprint density at radius 2 is 2.00 bits per heavy atom. The SMILES string of the molecule is CC(C)(CCO)NS(=O)(=O)c1cccc2ncccc12. The van der Waals surface area contributed by atoms with Gasteiger partial charge in [0.15, 0.2) is 0 Å². The van der Waals surface area contributed by atoms with E-state index in [0.717, 1.165) is 0 Å². The Kier molecular flexibility index (Phi) is 4.08. The number of benzene rings is 1. The summed E-state index contributed by atoms with van der Waals surface area (Å²) in [6.07, 6.45) is 1.97. The maximum atomic E-state index is 12.5. The molecule has 0 spiro atoms. The molecule has 6 heteroatoms. The molecule has 0 saturated carbocycles. The van der Waals surface area contributed by atoms with Crippen LogP contribution in [-0.4, -0.2) is 30.7 Å². The second kappa shape index (κ2) is 5.47. The molecule has 2 N–H and O–H groups in total. The molecule has 0 fully saturated rings. The predicted octanol–water partition coefficient (Wildman–Crippen LogP) is 1.67. The van der Waals surface area contributed by atoms with Crippen LogP contribution in [-0.2, 0) is 10.0 Å². The molecule has 108 valence electrons. The Balaban J connectivity index is 2.47. The smallest absolute Gasteiger partial charge is 0.241 e. The summed E-state index contributed by atoms with van der Waals surface area (Å²) in [5.41, 5.74) is -0.0758. The fraction of sp³-hybridized carbons (Fsp3) is 0.357. The van der Waals surface area contributed by atoms with Gasteiger partial charge in [-0.3, -0.25) is 4.98 Å². The first-order valence-corrected chi connectivity index (χ1v) is 7.83.